The highest BCUT2D eigenvalue weighted by Crippen LogP contribution is 2.89. The molecule has 0 bridgehead atoms. The van der Waals surface area contributed by atoms with Crippen LogP contribution in [0.2, 0.25) is 0 Å². The van der Waals surface area contributed by atoms with E-state index in [0.29, 0.717) is 38.5 Å². The van der Waals surface area contributed by atoms with E-state index in [2.05, 4.69) is 27.7 Å². The van der Waals surface area contributed by atoms with Crippen molar-refractivity contribution in [2.75, 3.05) is 19.8 Å². The Bertz CT molecular complexity index is 1410. The predicted octanol–water partition coefficient (Wildman–Crippen LogP) is -0.464. The molecule has 2 spiro atoms. The third-order valence-electron chi connectivity index (χ3n) is 17.3. The molecule has 5 saturated carbocycles. The lowest BCUT2D eigenvalue weighted by atomic mass is 9.41. The van der Waals surface area contributed by atoms with Gasteiger partial charge >= 0.3 is 0 Å². The summed E-state index contributed by atoms with van der Waals surface area (Å²) in [5.41, 5.74) is -3.13. The average molecular weight is 803 g/mol. The summed E-state index contributed by atoms with van der Waals surface area (Å²) in [5, 5.41) is 119. The quantitative estimate of drug-likeness (QED) is 0.118. The lowest BCUT2D eigenvalue weighted by molar-refractivity contribution is -0.327. The fourth-order valence-corrected chi connectivity index (χ4v) is 14.4. The van der Waals surface area contributed by atoms with Gasteiger partial charge in [-0.05, 0) is 117 Å². The molecule has 21 atom stereocenters. The molecule has 2 heterocycles. The number of hydrogen-bond acceptors (Lipinski definition) is 15. The summed E-state index contributed by atoms with van der Waals surface area (Å²) >= 11 is 0. The summed E-state index contributed by atoms with van der Waals surface area (Å²) in [4.78, 5) is 0. The van der Waals surface area contributed by atoms with Gasteiger partial charge in [0.2, 0.25) is 0 Å². The Morgan fingerprint density at radius 3 is 2.12 bits per heavy atom. The van der Waals surface area contributed by atoms with E-state index in [9.17, 15) is 56.2 Å². The van der Waals surface area contributed by atoms with E-state index in [0.717, 1.165) is 19.3 Å². The Labute approximate surface area is 329 Å². The minimum atomic E-state index is -1.54. The number of fused-ring (bicyclic) bond motifs is 2. The molecule has 0 aromatic heterocycles. The smallest absolute Gasteiger partial charge is 0.186 e. The molecule has 0 radical (unpaired) electrons. The molecule has 2 aliphatic heterocycles. The molecule has 56 heavy (non-hydrogen) atoms. The van der Waals surface area contributed by atoms with Crippen LogP contribution in [-0.4, -0.2) is 161 Å². The number of hydrogen-bond donors (Lipinski definition) is 11. The SMILES string of the molecule is C[C@H](CC[C@@H](O)C(C)(C)O[C@H]1OC[C@H](O)[C@H](O)[C@@H]1O)[C@H]1[C@@H](O)C[C@@]2(C)[C@@H]3[C@@H](O)C[C@H]4C(C)(C)[C@@H](O[C@@H]5O[C@H](CO)[C@H](O)[C@H](O)[C@H]5O)CC[C@@]45C[C@@]35CC[C@]12CO. The summed E-state index contributed by atoms with van der Waals surface area (Å²) < 4.78 is 23.5. The highest BCUT2D eigenvalue weighted by atomic mass is 16.7. The van der Waals surface area contributed by atoms with Crippen LogP contribution in [0.5, 0.6) is 0 Å². The highest BCUT2D eigenvalue weighted by Gasteiger charge is 2.85. The van der Waals surface area contributed by atoms with Gasteiger partial charge in [0.05, 0.1) is 43.2 Å². The monoisotopic (exact) mass is 802 g/mol. The van der Waals surface area contributed by atoms with E-state index in [4.69, 9.17) is 18.9 Å². The van der Waals surface area contributed by atoms with Gasteiger partial charge in [-0.3, -0.25) is 0 Å². The van der Waals surface area contributed by atoms with E-state index in [1.54, 1.807) is 13.8 Å². The summed E-state index contributed by atoms with van der Waals surface area (Å²) in [6, 6.07) is 0. The van der Waals surface area contributed by atoms with Crippen molar-refractivity contribution in [1.82, 2.24) is 0 Å². The first-order chi connectivity index (χ1) is 26.1. The third kappa shape index (κ3) is 6.23. The fraction of sp³-hybridized carbons (Fsp3) is 1.00. The van der Waals surface area contributed by atoms with E-state index >= 15 is 0 Å². The molecule has 15 nitrogen and oxygen atoms in total. The zero-order valence-electron chi connectivity index (χ0n) is 33.9. The maximum atomic E-state index is 12.4. The second-order valence-corrected chi connectivity index (χ2v) is 20.6. The fourth-order valence-electron chi connectivity index (χ4n) is 14.4. The molecule has 0 aromatic carbocycles. The van der Waals surface area contributed by atoms with Crippen LogP contribution in [0.25, 0.3) is 0 Å². The van der Waals surface area contributed by atoms with Gasteiger partial charge in [-0.25, -0.2) is 0 Å². The van der Waals surface area contributed by atoms with Gasteiger partial charge in [0.15, 0.2) is 12.6 Å². The topological polar surface area (TPSA) is 259 Å². The lowest BCUT2D eigenvalue weighted by Crippen LogP contribution is -2.64. The third-order valence-corrected chi connectivity index (χ3v) is 17.3. The van der Waals surface area contributed by atoms with Crippen LogP contribution in [0.3, 0.4) is 0 Å². The molecular weight excluding hydrogens is 732 g/mol. The molecule has 0 aromatic rings. The van der Waals surface area contributed by atoms with Crippen LogP contribution in [0, 0.1) is 50.7 Å². The van der Waals surface area contributed by atoms with E-state index < -0.39 is 102 Å². The highest BCUT2D eigenvalue weighted by molar-refractivity contribution is 5.33. The van der Waals surface area contributed by atoms with Crippen molar-refractivity contribution < 1.29 is 75.1 Å². The van der Waals surface area contributed by atoms with Crippen molar-refractivity contribution in [3.05, 3.63) is 0 Å². The second kappa shape index (κ2) is 14.8. The Balaban J connectivity index is 1.06. The molecule has 7 rings (SSSR count). The van der Waals surface area contributed by atoms with Gasteiger partial charge in [0, 0.05) is 12.0 Å². The molecule has 15 heteroatoms. The van der Waals surface area contributed by atoms with Crippen molar-refractivity contribution in [3.8, 4) is 0 Å². The zero-order valence-corrected chi connectivity index (χ0v) is 33.9. The summed E-state index contributed by atoms with van der Waals surface area (Å²) in [5.74, 6) is -0.476. The van der Waals surface area contributed by atoms with Gasteiger partial charge in [0.1, 0.15) is 42.7 Å². The first kappa shape index (κ1) is 43.5. The Morgan fingerprint density at radius 1 is 0.786 bits per heavy atom. The van der Waals surface area contributed by atoms with Gasteiger partial charge in [0.25, 0.3) is 0 Å². The van der Waals surface area contributed by atoms with Crippen LogP contribution in [0.15, 0.2) is 0 Å². The number of aliphatic hydroxyl groups excluding tert-OH is 11. The number of ether oxygens (including phenoxy) is 4. The largest absolute Gasteiger partial charge is 0.396 e. The second-order valence-electron chi connectivity index (χ2n) is 20.6. The van der Waals surface area contributed by atoms with Crippen molar-refractivity contribution in [1.29, 1.82) is 0 Å². The van der Waals surface area contributed by atoms with E-state index in [1.807, 2.05) is 0 Å². The summed E-state index contributed by atoms with van der Waals surface area (Å²) in [7, 11) is 0. The molecule has 7 aliphatic rings. The Kier molecular flexibility index (Phi) is 11.5. The Hall–Kier alpha value is -0.600. The first-order valence-electron chi connectivity index (χ1n) is 21.0. The van der Waals surface area contributed by atoms with Crippen LogP contribution in [0.1, 0.15) is 99.3 Å². The molecule has 0 unspecified atom stereocenters. The standard InChI is InChI=1S/C41H70O15/c1-19(7-8-25(47)37(4,5)56-34-31(51)28(48)22(46)16-53-34)27-21(45)14-38(6)33-20(44)13-24-36(2,3)26(55-35-32(52)30(50)29(49)23(15-42)54-35)9-10-39(24)17-40(33,39)11-12-41(27,38)18-43/h19-35,42-52H,7-18H2,1-6H3/t19-,20+,21+,22+,23-,24+,25-,26+,27+,28+,29+,30+,31+,32-,33+,34-,35+,38+,39-,40+,41+/m1/s1. The van der Waals surface area contributed by atoms with Crippen molar-refractivity contribution in [3.63, 3.8) is 0 Å². The minimum absolute atomic E-state index is 0.0664. The van der Waals surface area contributed by atoms with Gasteiger partial charge in [-0.1, -0.05) is 27.7 Å². The molecule has 2 saturated heterocycles. The maximum absolute atomic E-state index is 12.4. The summed E-state index contributed by atoms with van der Waals surface area (Å²) in [6.07, 6.45) is -9.36. The van der Waals surface area contributed by atoms with Crippen LogP contribution in [-0.2, 0) is 18.9 Å². The van der Waals surface area contributed by atoms with Crippen LogP contribution < -0.4 is 0 Å². The van der Waals surface area contributed by atoms with E-state index in [-0.39, 0.29) is 53.8 Å². The Morgan fingerprint density at radius 2 is 1.46 bits per heavy atom. The number of rotatable bonds is 11. The molecule has 5 aliphatic carbocycles. The van der Waals surface area contributed by atoms with Gasteiger partial charge < -0.3 is 75.1 Å². The van der Waals surface area contributed by atoms with Gasteiger partial charge in [-0.15, -0.1) is 0 Å². The first-order valence-corrected chi connectivity index (χ1v) is 21.0. The van der Waals surface area contributed by atoms with Crippen molar-refractivity contribution in [2.45, 2.75) is 185 Å². The molecule has 324 valence electrons. The van der Waals surface area contributed by atoms with Crippen LogP contribution in [0.4, 0.5) is 0 Å². The molecule has 0 amide bonds. The zero-order chi connectivity index (χ0) is 41.1. The minimum Gasteiger partial charge on any atom is -0.396 e. The van der Waals surface area contributed by atoms with Gasteiger partial charge in [-0.2, -0.15) is 0 Å². The average Bonchev–Trinajstić information content (AvgIpc) is 3.72. The normalized spacial score (nSPS) is 53.6. The number of aliphatic hydroxyl groups is 11. The van der Waals surface area contributed by atoms with E-state index in [1.165, 1.54) is 0 Å². The molecular formula is C41H70O15. The summed E-state index contributed by atoms with van der Waals surface area (Å²) in [6.45, 7) is 10.9. The predicted molar refractivity (Wildman–Crippen MR) is 197 cm³/mol. The molecule has 7 fully saturated rings. The van der Waals surface area contributed by atoms with Crippen molar-refractivity contribution in [2.24, 2.45) is 50.7 Å². The van der Waals surface area contributed by atoms with Crippen molar-refractivity contribution >= 4 is 0 Å². The maximum Gasteiger partial charge on any atom is 0.186 e. The van der Waals surface area contributed by atoms with Crippen LogP contribution >= 0.6 is 0 Å². The molecule has 11 N–H and O–H groups in total. The lowest BCUT2D eigenvalue weighted by Gasteiger charge is -2.65.